The van der Waals surface area contributed by atoms with Crippen molar-refractivity contribution < 1.29 is 4.42 Å². The lowest BCUT2D eigenvalue weighted by atomic mass is 10.1. The van der Waals surface area contributed by atoms with Gasteiger partial charge >= 0.3 is 0 Å². The zero-order chi connectivity index (χ0) is 13.0. The average Bonchev–Trinajstić information content (AvgIpc) is 2.77. The van der Waals surface area contributed by atoms with E-state index >= 15 is 0 Å². The molecule has 0 fully saturated rings. The quantitative estimate of drug-likeness (QED) is 0.868. The fourth-order valence-electron chi connectivity index (χ4n) is 1.48. The third-order valence-electron chi connectivity index (χ3n) is 2.16. The van der Waals surface area contributed by atoms with Crippen molar-refractivity contribution in [3.8, 4) is 0 Å². The highest BCUT2D eigenvalue weighted by atomic mass is 16.3. The molecule has 2 aromatic heterocycles. The van der Waals surface area contributed by atoms with E-state index in [4.69, 9.17) is 4.42 Å². The van der Waals surface area contributed by atoms with Crippen LogP contribution in [0.25, 0.3) is 0 Å². The maximum Gasteiger partial charge on any atom is 0.224 e. The van der Waals surface area contributed by atoms with Crippen molar-refractivity contribution in [2.45, 2.75) is 32.9 Å². The van der Waals surface area contributed by atoms with Crippen LogP contribution in [0.2, 0.25) is 0 Å². The van der Waals surface area contributed by atoms with E-state index in [0.717, 1.165) is 11.6 Å². The third-order valence-corrected chi connectivity index (χ3v) is 2.16. The summed E-state index contributed by atoms with van der Waals surface area (Å²) < 4.78 is 5.23. The number of hydrogen-bond donors (Lipinski definition) is 2. The van der Waals surface area contributed by atoms with Crippen LogP contribution in [0.15, 0.2) is 35.1 Å². The smallest absolute Gasteiger partial charge is 0.224 e. The van der Waals surface area contributed by atoms with Crippen LogP contribution in [0.3, 0.4) is 0 Å². The number of nitrogens with one attached hydrogen (secondary N) is 2. The van der Waals surface area contributed by atoms with E-state index in [-0.39, 0.29) is 5.54 Å². The molecule has 5 nitrogen and oxygen atoms in total. The van der Waals surface area contributed by atoms with Crippen LogP contribution in [-0.2, 0) is 6.54 Å². The zero-order valence-corrected chi connectivity index (χ0v) is 10.9. The molecular formula is C13H18N4O. The first-order valence-corrected chi connectivity index (χ1v) is 5.90. The van der Waals surface area contributed by atoms with E-state index in [1.165, 1.54) is 0 Å². The molecule has 0 amide bonds. The predicted molar refractivity (Wildman–Crippen MR) is 71.4 cm³/mol. The van der Waals surface area contributed by atoms with Crippen molar-refractivity contribution in [3.05, 3.63) is 36.4 Å². The molecule has 0 atom stereocenters. The molecule has 0 saturated carbocycles. The molecule has 96 valence electrons. The van der Waals surface area contributed by atoms with Crippen LogP contribution >= 0.6 is 0 Å². The monoisotopic (exact) mass is 246 g/mol. The minimum absolute atomic E-state index is 0.0212. The summed E-state index contributed by atoms with van der Waals surface area (Å²) in [5.41, 5.74) is -0.0212. The van der Waals surface area contributed by atoms with Gasteiger partial charge in [0.05, 0.1) is 12.8 Å². The van der Waals surface area contributed by atoms with E-state index in [1.54, 1.807) is 12.5 Å². The van der Waals surface area contributed by atoms with Gasteiger partial charge in [-0.15, -0.1) is 0 Å². The zero-order valence-electron chi connectivity index (χ0n) is 10.9. The Morgan fingerprint density at radius 2 is 2.11 bits per heavy atom. The molecule has 0 unspecified atom stereocenters. The lowest BCUT2D eigenvalue weighted by Gasteiger charge is -2.21. The summed E-state index contributed by atoms with van der Waals surface area (Å²) >= 11 is 0. The first kappa shape index (κ1) is 12.4. The van der Waals surface area contributed by atoms with E-state index < -0.39 is 0 Å². The SMILES string of the molecule is CC(C)(C)Nc1ccnc(NCc2ccco2)n1. The Kier molecular flexibility index (Phi) is 3.50. The number of aromatic nitrogens is 2. The number of hydrogen-bond acceptors (Lipinski definition) is 5. The summed E-state index contributed by atoms with van der Waals surface area (Å²) in [6.45, 7) is 6.84. The van der Waals surface area contributed by atoms with Gasteiger partial charge in [-0.1, -0.05) is 0 Å². The van der Waals surface area contributed by atoms with Crippen LogP contribution in [0.4, 0.5) is 11.8 Å². The lowest BCUT2D eigenvalue weighted by molar-refractivity contribution is 0.517. The van der Waals surface area contributed by atoms with Crippen molar-refractivity contribution in [1.82, 2.24) is 9.97 Å². The Hall–Kier alpha value is -2.04. The summed E-state index contributed by atoms with van der Waals surface area (Å²) in [7, 11) is 0. The van der Waals surface area contributed by atoms with Gasteiger partial charge in [0.2, 0.25) is 5.95 Å². The van der Waals surface area contributed by atoms with Crippen molar-refractivity contribution in [2.75, 3.05) is 10.6 Å². The van der Waals surface area contributed by atoms with Gasteiger partial charge in [0.1, 0.15) is 11.6 Å². The molecule has 0 aliphatic carbocycles. The molecule has 0 spiro atoms. The Balaban J connectivity index is 1.99. The van der Waals surface area contributed by atoms with Gasteiger partial charge in [0, 0.05) is 11.7 Å². The summed E-state index contributed by atoms with van der Waals surface area (Å²) in [6.07, 6.45) is 3.38. The number of furan rings is 1. The Morgan fingerprint density at radius 3 is 2.78 bits per heavy atom. The Labute approximate surface area is 107 Å². The van der Waals surface area contributed by atoms with Crippen LogP contribution in [-0.4, -0.2) is 15.5 Å². The molecule has 0 aromatic carbocycles. The van der Waals surface area contributed by atoms with Crippen LogP contribution < -0.4 is 10.6 Å². The second-order valence-corrected chi connectivity index (χ2v) is 5.07. The third kappa shape index (κ3) is 3.76. The second kappa shape index (κ2) is 5.08. The molecule has 2 heterocycles. The molecule has 2 rings (SSSR count). The average molecular weight is 246 g/mol. The molecule has 0 aliphatic heterocycles. The Bertz CT molecular complexity index is 488. The maximum atomic E-state index is 5.23. The van der Waals surface area contributed by atoms with Gasteiger partial charge in [0.25, 0.3) is 0 Å². The van der Waals surface area contributed by atoms with Gasteiger partial charge < -0.3 is 15.1 Å². The molecule has 0 aliphatic rings. The summed E-state index contributed by atoms with van der Waals surface area (Å²) in [4.78, 5) is 8.55. The van der Waals surface area contributed by atoms with Crippen LogP contribution in [0, 0.1) is 0 Å². The normalized spacial score (nSPS) is 11.3. The molecule has 18 heavy (non-hydrogen) atoms. The van der Waals surface area contributed by atoms with Gasteiger partial charge in [0.15, 0.2) is 0 Å². The fourth-order valence-corrected chi connectivity index (χ4v) is 1.48. The van der Waals surface area contributed by atoms with Crippen LogP contribution in [0.1, 0.15) is 26.5 Å². The molecule has 0 bridgehead atoms. The second-order valence-electron chi connectivity index (χ2n) is 5.07. The number of nitrogens with zero attached hydrogens (tertiary/aromatic N) is 2. The molecule has 2 aromatic rings. The largest absolute Gasteiger partial charge is 0.467 e. The highest BCUT2D eigenvalue weighted by Gasteiger charge is 2.10. The fraction of sp³-hybridized carbons (Fsp3) is 0.385. The van der Waals surface area contributed by atoms with Crippen LogP contribution in [0.5, 0.6) is 0 Å². The van der Waals surface area contributed by atoms with Gasteiger partial charge in [-0.2, -0.15) is 4.98 Å². The molecule has 0 radical (unpaired) electrons. The van der Waals surface area contributed by atoms with Gasteiger partial charge in [-0.3, -0.25) is 0 Å². The first-order chi connectivity index (χ1) is 8.53. The maximum absolute atomic E-state index is 5.23. The highest BCUT2D eigenvalue weighted by Crippen LogP contribution is 2.13. The molecule has 5 heteroatoms. The molecule has 0 saturated heterocycles. The minimum atomic E-state index is -0.0212. The van der Waals surface area contributed by atoms with Crippen molar-refractivity contribution in [2.24, 2.45) is 0 Å². The van der Waals surface area contributed by atoms with E-state index in [2.05, 4.69) is 41.4 Å². The predicted octanol–water partition coefficient (Wildman–Crippen LogP) is 2.89. The van der Waals surface area contributed by atoms with E-state index in [9.17, 15) is 0 Å². The van der Waals surface area contributed by atoms with Crippen molar-refractivity contribution in [1.29, 1.82) is 0 Å². The number of anilines is 2. The molecular weight excluding hydrogens is 228 g/mol. The lowest BCUT2D eigenvalue weighted by Crippen LogP contribution is -2.26. The number of rotatable bonds is 4. The van der Waals surface area contributed by atoms with E-state index in [1.807, 2.05) is 18.2 Å². The topological polar surface area (TPSA) is 63.0 Å². The summed E-state index contributed by atoms with van der Waals surface area (Å²) in [6, 6.07) is 5.61. The van der Waals surface area contributed by atoms with Gasteiger partial charge in [-0.25, -0.2) is 4.98 Å². The van der Waals surface area contributed by atoms with Crippen molar-refractivity contribution in [3.63, 3.8) is 0 Å². The van der Waals surface area contributed by atoms with Crippen molar-refractivity contribution >= 4 is 11.8 Å². The van der Waals surface area contributed by atoms with E-state index in [0.29, 0.717) is 12.5 Å². The Morgan fingerprint density at radius 1 is 1.28 bits per heavy atom. The minimum Gasteiger partial charge on any atom is -0.467 e. The summed E-state index contributed by atoms with van der Waals surface area (Å²) in [5.74, 6) is 2.24. The van der Waals surface area contributed by atoms with Gasteiger partial charge in [-0.05, 0) is 39.0 Å². The summed E-state index contributed by atoms with van der Waals surface area (Å²) in [5, 5.41) is 6.42. The first-order valence-electron chi connectivity index (χ1n) is 5.90. The highest BCUT2D eigenvalue weighted by molar-refractivity contribution is 5.41. The molecule has 2 N–H and O–H groups in total. The standard InChI is InChI=1S/C13H18N4O/c1-13(2,3)17-11-6-7-14-12(16-11)15-9-10-5-4-8-18-10/h4-8H,9H2,1-3H3,(H2,14,15,16,17).